The predicted molar refractivity (Wildman–Crippen MR) is 84.3 cm³/mol. The van der Waals surface area contributed by atoms with E-state index in [2.05, 4.69) is 30.3 Å². The Hall–Kier alpha value is -2.26. The Bertz CT molecular complexity index is 779. The van der Waals surface area contributed by atoms with Crippen LogP contribution in [0.4, 0.5) is 0 Å². The van der Waals surface area contributed by atoms with Gasteiger partial charge in [-0.3, -0.25) is 0 Å². The lowest BCUT2D eigenvalue weighted by molar-refractivity contribution is -0.255. The van der Waals surface area contributed by atoms with Crippen molar-refractivity contribution >= 4 is 28.5 Å². The number of carboxylic acid groups (broad SMARTS) is 1. The van der Waals surface area contributed by atoms with Crippen LogP contribution >= 0.6 is 11.8 Å². The average Bonchev–Trinajstić information content (AvgIpc) is 2.53. The Balaban J connectivity index is 1.72. The number of benzene rings is 3. The Morgan fingerprint density at radius 2 is 1.62 bits per heavy atom. The molecule has 2 nitrogen and oxygen atoms in total. The number of hydrogen-bond donors (Lipinski definition) is 0. The zero-order valence-corrected chi connectivity index (χ0v) is 12.1. The van der Waals surface area contributed by atoms with Crippen LogP contribution in [0.25, 0.3) is 10.8 Å². The second-order valence-electron chi connectivity index (χ2n) is 4.78. The molecule has 0 aromatic heterocycles. The maximum absolute atomic E-state index is 10.7. The second kappa shape index (κ2) is 6.02. The minimum Gasteiger partial charge on any atom is -0.545 e. The number of carbonyl (C=O) groups is 1. The normalized spacial score (nSPS) is 10.7. The van der Waals surface area contributed by atoms with Crippen LogP contribution in [0, 0.1) is 0 Å². The van der Waals surface area contributed by atoms with Gasteiger partial charge < -0.3 is 9.90 Å². The highest BCUT2D eigenvalue weighted by Crippen LogP contribution is 2.26. The van der Waals surface area contributed by atoms with Gasteiger partial charge in [-0.1, -0.05) is 54.6 Å². The minimum atomic E-state index is -1.14. The largest absolute Gasteiger partial charge is 0.545 e. The van der Waals surface area contributed by atoms with E-state index in [0.717, 1.165) is 11.3 Å². The molecular formula is C18H13O2S-. The summed E-state index contributed by atoms with van der Waals surface area (Å²) in [6.45, 7) is 0. The van der Waals surface area contributed by atoms with Crippen LogP contribution in [0.15, 0.2) is 71.6 Å². The summed E-state index contributed by atoms with van der Waals surface area (Å²) >= 11 is 1.74. The van der Waals surface area contributed by atoms with Gasteiger partial charge in [0.1, 0.15) is 0 Å². The number of aromatic carboxylic acids is 1. The van der Waals surface area contributed by atoms with Gasteiger partial charge in [-0.25, -0.2) is 0 Å². The van der Waals surface area contributed by atoms with E-state index in [1.807, 2.05) is 24.3 Å². The molecule has 0 saturated carbocycles. The fourth-order valence-electron chi connectivity index (χ4n) is 2.16. The molecule has 0 aliphatic carbocycles. The SMILES string of the molecule is O=C([O-])c1ccc(CSc2ccc3ccccc3c2)cc1. The van der Waals surface area contributed by atoms with Gasteiger partial charge in [0.05, 0.1) is 5.97 Å². The first-order valence-corrected chi connectivity index (χ1v) is 7.63. The number of rotatable bonds is 4. The van der Waals surface area contributed by atoms with E-state index in [4.69, 9.17) is 0 Å². The average molecular weight is 293 g/mol. The smallest absolute Gasteiger partial charge is 0.0715 e. The molecule has 0 fully saturated rings. The summed E-state index contributed by atoms with van der Waals surface area (Å²) in [5.41, 5.74) is 1.31. The monoisotopic (exact) mass is 293 g/mol. The quantitative estimate of drug-likeness (QED) is 0.691. The van der Waals surface area contributed by atoms with E-state index in [1.165, 1.54) is 15.7 Å². The first-order valence-electron chi connectivity index (χ1n) is 6.64. The van der Waals surface area contributed by atoms with Crippen molar-refractivity contribution in [1.29, 1.82) is 0 Å². The zero-order valence-electron chi connectivity index (χ0n) is 11.3. The Kier molecular flexibility index (Phi) is 3.93. The van der Waals surface area contributed by atoms with E-state index < -0.39 is 5.97 Å². The van der Waals surface area contributed by atoms with Gasteiger partial charge in [-0.2, -0.15) is 0 Å². The lowest BCUT2D eigenvalue weighted by Crippen LogP contribution is -2.21. The molecule has 0 bridgehead atoms. The standard InChI is InChI=1S/C18H14O2S/c19-18(20)15-7-5-13(6-8-15)12-21-17-10-9-14-3-1-2-4-16(14)11-17/h1-11H,12H2,(H,19,20)/p-1. The van der Waals surface area contributed by atoms with E-state index in [9.17, 15) is 9.90 Å². The van der Waals surface area contributed by atoms with Crippen molar-refractivity contribution in [2.45, 2.75) is 10.6 Å². The highest BCUT2D eigenvalue weighted by atomic mass is 32.2. The molecule has 0 spiro atoms. The van der Waals surface area contributed by atoms with Gasteiger partial charge in [0.25, 0.3) is 0 Å². The van der Waals surface area contributed by atoms with Crippen LogP contribution in [0.1, 0.15) is 15.9 Å². The van der Waals surface area contributed by atoms with Gasteiger partial charge >= 0.3 is 0 Å². The van der Waals surface area contributed by atoms with Crippen molar-refractivity contribution in [2.75, 3.05) is 0 Å². The Morgan fingerprint density at radius 3 is 2.33 bits per heavy atom. The topological polar surface area (TPSA) is 40.1 Å². The molecule has 0 amide bonds. The van der Waals surface area contributed by atoms with Gasteiger partial charge in [0, 0.05) is 10.6 Å². The molecule has 0 aliphatic heterocycles. The second-order valence-corrected chi connectivity index (χ2v) is 5.83. The Morgan fingerprint density at radius 1 is 0.905 bits per heavy atom. The fourth-order valence-corrected chi connectivity index (χ4v) is 3.06. The summed E-state index contributed by atoms with van der Waals surface area (Å²) < 4.78 is 0. The molecule has 0 unspecified atom stereocenters. The zero-order chi connectivity index (χ0) is 14.7. The van der Waals surface area contributed by atoms with Crippen molar-refractivity contribution in [2.24, 2.45) is 0 Å². The molecule has 3 rings (SSSR count). The van der Waals surface area contributed by atoms with Crippen molar-refractivity contribution in [1.82, 2.24) is 0 Å². The summed E-state index contributed by atoms with van der Waals surface area (Å²) in [4.78, 5) is 11.9. The van der Waals surface area contributed by atoms with Gasteiger partial charge in [-0.15, -0.1) is 11.8 Å². The lowest BCUT2D eigenvalue weighted by atomic mass is 10.1. The van der Waals surface area contributed by atoms with E-state index >= 15 is 0 Å². The summed E-state index contributed by atoms with van der Waals surface area (Å²) in [6, 6.07) is 21.5. The van der Waals surface area contributed by atoms with Crippen molar-refractivity contribution in [3.63, 3.8) is 0 Å². The molecule has 3 aromatic carbocycles. The number of hydrogen-bond acceptors (Lipinski definition) is 3. The third kappa shape index (κ3) is 3.26. The van der Waals surface area contributed by atoms with Crippen LogP contribution in [0.5, 0.6) is 0 Å². The molecule has 0 N–H and O–H groups in total. The van der Waals surface area contributed by atoms with Crippen LogP contribution in [0.3, 0.4) is 0 Å². The van der Waals surface area contributed by atoms with Gasteiger partial charge in [0.15, 0.2) is 0 Å². The minimum absolute atomic E-state index is 0.217. The molecule has 104 valence electrons. The van der Waals surface area contributed by atoms with Crippen LogP contribution in [-0.2, 0) is 5.75 Å². The van der Waals surface area contributed by atoms with Crippen molar-refractivity contribution < 1.29 is 9.90 Å². The van der Waals surface area contributed by atoms with Crippen LogP contribution in [-0.4, -0.2) is 5.97 Å². The van der Waals surface area contributed by atoms with Crippen molar-refractivity contribution in [3.05, 3.63) is 77.9 Å². The molecule has 3 aromatic rings. The van der Waals surface area contributed by atoms with Crippen LogP contribution in [0.2, 0.25) is 0 Å². The molecule has 0 radical (unpaired) electrons. The van der Waals surface area contributed by atoms with Gasteiger partial charge in [0.2, 0.25) is 0 Å². The summed E-state index contributed by atoms with van der Waals surface area (Å²) in [6.07, 6.45) is 0. The first kappa shape index (κ1) is 13.7. The molecule has 0 heterocycles. The predicted octanol–water partition coefficient (Wildman–Crippen LogP) is 3.50. The Labute approximate surface area is 127 Å². The van der Waals surface area contributed by atoms with Gasteiger partial charge in [-0.05, 0) is 34.0 Å². The van der Waals surface area contributed by atoms with Crippen LogP contribution < -0.4 is 5.11 Å². The third-order valence-electron chi connectivity index (χ3n) is 3.32. The maximum Gasteiger partial charge on any atom is 0.0715 e. The van der Waals surface area contributed by atoms with E-state index in [1.54, 1.807) is 23.9 Å². The molecule has 0 aliphatic rings. The number of fused-ring (bicyclic) bond motifs is 1. The highest BCUT2D eigenvalue weighted by molar-refractivity contribution is 7.98. The molecule has 0 atom stereocenters. The summed E-state index contributed by atoms with van der Waals surface area (Å²) in [5.74, 6) is -0.324. The molecule has 21 heavy (non-hydrogen) atoms. The fraction of sp³-hybridized carbons (Fsp3) is 0.0556. The molecule has 3 heteroatoms. The van der Waals surface area contributed by atoms with E-state index in [-0.39, 0.29) is 5.56 Å². The molecular weight excluding hydrogens is 280 g/mol. The summed E-state index contributed by atoms with van der Waals surface area (Å²) in [5, 5.41) is 13.2. The number of carboxylic acids is 1. The number of thioether (sulfide) groups is 1. The number of carbonyl (C=O) groups excluding carboxylic acids is 1. The lowest BCUT2D eigenvalue weighted by Gasteiger charge is -2.06. The maximum atomic E-state index is 10.7. The first-order chi connectivity index (χ1) is 10.2. The third-order valence-corrected chi connectivity index (χ3v) is 4.38. The molecule has 0 saturated heterocycles. The highest BCUT2D eigenvalue weighted by Gasteiger charge is 2.00. The van der Waals surface area contributed by atoms with E-state index in [0.29, 0.717) is 0 Å². The summed E-state index contributed by atoms with van der Waals surface area (Å²) in [7, 11) is 0. The van der Waals surface area contributed by atoms with Crippen molar-refractivity contribution in [3.8, 4) is 0 Å².